The van der Waals surface area contributed by atoms with E-state index in [0.717, 1.165) is 11.3 Å². The normalized spacial score (nSPS) is 11.2. The fourth-order valence-corrected chi connectivity index (χ4v) is 3.19. The molecule has 0 aliphatic heterocycles. The number of hydrogen-bond donors (Lipinski definition) is 1. The molecule has 0 radical (unpaired) electrons. The number of rotatable bonds is 7. The van der Waals surface area contributed by atoms with Gasteiger partial charge in [0.2, 0.25) is 10.0 Å². The molecule has 0 aliphatic rings. The van der Waals surface area contributed by atoms with E-state index in [1.165, 1.54) is 26.4 Å². The molecule has 0 amide bonds. The molecule has 0 saturated carbocycles. The predicted octanol–water partition coefficient (Wildman–Crippen LogP) is 2.25. The van der Waals surface area contributed by atoms with Crippen LogP contribution in [0.25, 0.3) is 0 Å². The third-order valence-corrected chi connectivity index (χ3v) is 4.98. The number of sulfonamides is 1. The van der Waals surface area contributed by atoms with Gasteiger partial charge in [0.15, 0.2) is 11.5 Å². The first kappa shape index (κ1) is 18.1. The fourth-order valence-electron chi connectivity index (χ4n) is 2.16. The summed E-state index contributed by atoms with van der Waals surface area (Å²) in [5, 5.41) is 0. The number of hydrogen-bond acceptors (Lipinski definition) is 5. The second-order valence-corrected chi connectivity index (χ2v) is 7.17. The van der Waals surface area contributed by atoms with Gasteiger partial charge in [-0.1, -0.05) is 12.1 Å². The van der Waals surface area contributed by atoms with Gasteiger partial charge >= 0.3 is 0 Å². The Balaban J connectivity index is 2.13. The minimum Gasteiger partial charge on any atom is -0.493 e. The lowest BCUT2D eigenvalue weighted by Crippen LogP contribution is -2.23. The Bertz CT molecular complexity index is 787. The van der Waals surface area contributed by atoms with Crippen molar-refractivity contribution in [3.8, 4) is 11.5 Å². The van der Waals surface area contributed by atoms with Crippen LogP contribution in [0.3, 0.4) is 0 Å². The number of benzene rings is 2. The monoisotopic (exact) mass is 350 g/mol. The van der Waals surface area contributed by atoms with Crippen molar-refractivity contribution < 1.29 is 17.9 Å². The van der Waals surface area contributed by atoms with Crippen LogP contribution in [0, 0.1) is 0 Å². The third-order valence-electron chi connectivity index (χ3n) is 3.58. The fraction of sp³-hybridized carbons (Fsp3) is 0.294. The van der Waals surface area contributed by atoms with Crippen molar-refractivity contribution in [2.24, 2.45) is 0 Å². The van der Waals surface area contributed by atoms with Gasteiger partial charge in [-0.05, 0) is 29.8 Å². The van der Waals surface area contributed by atoms with E-state index in [0.29, 0.717) is 11.5 Å². The van der Waals surface area contributed by atoms with Gasteiger partial charge in [-0.2, -0.15) is 0 Å². The first-order valence-electron chi connectivity index (χ1n) is 7.35. The van der Waals surface area contributed by atoms with Crippen LogP contribution in [0.4, 0.5) is 5.69 Å². The van der Waals surface area contributed by atoms with Gasteiger partial charge in [-0.3, -0.25) is 0 Å². The molecule has 0 atom stereocenters. The summed E-state index contributed by atoms with van der Waals surface area (Å²) in [4.78, 5) is 2.11. The van der Waals surface area contributed by atoms with Gasteiger partial charge in [0, 0.05) is 32.4 Å². The van der Waals surface area contributed by atoms with Crippen LogP contribution < -0.4 is 19.1 Å². The first-order valence-corrected chi connectivity index (χ1v) is 8.83. The molecule has 0 bridgehead atoms. The molecule has 2 rings (SSSR count). The zero-order valence-corrected chi connectivity index (χ0v) is 15.1. The van der Waals surface area contributed by atoms with Crippen LogP contribution in [0.1, 0.15) is 5.56 Å². The SMILES string of the molecule is COc1ccc(S(=O)(=O)NCc2ccc(N(C)C)cc2)cc1OC. The quantitative estimate of drug-likeness (QED) is 0.829. The Hall–Kier alpha value is -2.25. The van der Waals surface area contributed by atoms with Gasteiger partial charge in [0.25, 0.3) is 0 Å². The Morgan fingerprint density at radius 1 is 0.958 bits per heavy atom. The first-order chi connectivity index (χ1) is 11.4. The highest BCUT2D eigenvalue weighted by Crippen LogP contribution is 2.29. The number of methoxy groups -OCH3 is 2. The van der Waals surface area contributed by atoms with E-state index in [2.05, 4.69) is 4.72 Å². The molecule has 0 spiro atoms. The van der Waals surface area contributed by atoms with Crippen molar-refractivity contribution in [3.05, 3.63) is 48.0 Å². The van der Waals surface area contributed by atoms with E-state index < -0.39 is 10.0 Å². The molecule has 7 heteroatoms. The van der Waals surface area contributed by atoms with Crippen molar-refractivity contribution in [2.75, 3.05) is 33.2 Å². The van der Waals surface area contributed by atoms with Gasteiger partial charge in [0.1, 0.15) is 0 Å². The van der Waals surface area contributed by atoms with Crippen LogP contribution in [-0.4, -0.2) is 36.7 Å². The molecule has 0 fully saturated rings. The molecule has 0 heterocycles. The molecule has 6 nitrogen and oxygen atoms in total. The summed E-state index contributed by atoms with van der Waals surface area (Å²) >= 11 is 0. The van der Waals surface area contributed by atoms with Crippen LogP contribution in [0.2, 0.25) is 0 Å². The van der Waals surface area contributed by atoms with E-state index >= 15 is 0 Å². The van der Waals surface area contributed by atoms with E-state index in [-0.39, 0.29) is 11.4 Å². The molecule has 0 aliphatic carbocycles. The van der Waals surface area contributed by atoms with Gasteiger partial charge < -0.3 is 14.4 Å². The van der Waals surface area contributed by atoms with Crippen molar-refractivity contribution in [2.45, 2.75) is 11.4 Å². The average Bonchev–Trinajstić information content (AvgIpc) is 2.59. The van der Waals surface area contributed by atoms with Gasteiger partial charge in [-0.25, -0.2) is 13.1 Å². The molecule has 2 aromatic carbocycles. The van der Waals surface area contributed by atoms with E-state index in [1.54, 1.807) is 6.07 Å². The van der Waals surface area contributed by atoms with Gasteiger partial charge in [-0.15, -0.1) is 0 Å². The number of nitrogens with one attached hydrogen (secondary N) is 1. The van der Waals surface area contributed by atoms with E-state index in [4.69, 9.17) is 9.47 Å². The highest BCUT2D eigenvalue weighted by atomic mass is 32.2. The third kappa shape index (κ3) is 4.18. The molecular formula is C17H22N2O4S. The largest absolute Gasteiger partial charge is 0.493 e. The summed E-state index contributed by atoms with van der Waals surface area (Å²) in [7, 11) is 3.24. The highest BCUT2D eigenvalue weighted by Gasteiger charge is 2.16. The van der Waals surface area contributed by atoms with Gasteiger partial charge in [0.05, 0.1) is 19.1 Å². The summed E-state index contributed by atoms with van der Waals surface area (Å²) in [5.74, 6) is 0.853. The Labute approximate surface area is 143 Å². The maximum atomic E-state index is 12.4. The standard InChI is InChI=1S/C17H22N2O4S/c1-19(2)14-7-5-13(6-8-14)12-18-24(20,21)15-9-10-16(22-3)17(11-15)23-4/h5-11,18H,12H2,1-4H3. The van der Waals surface area contributed by atoms with Crippen LogP contribution in [-0.2, 0) is 16.6 Å². The van der Waals surface area contributed by atoms with E-state index in [9.17, 15) is 8.42 Å². The maximum absolute atomic E-state index is 12.4. The molecule has 1 N–H and O–H groups in total. The number of nitrogens with zero attached hydrogens (tertiary/aromatic N) is 1. The van der Waals surface area contributed by atoms with Crippen molar-refractivity contribution >= 4 is 15.7 Å². The van der Waals surface area contributed by atoms with Crippen molar-refractivity contribution in [1.29, 1.82) is 0 Å². The lowest BCUT2D eigenvalue weighted by atomic mass is 10.2. The smallest absolute Gasteiger partial charge is 0.241 e. The highest BCUT2D eigenvalue weighted by molar-refractivity contribution is 7.89. The van der Waals surface area contributed by atoms with Crippen molar-refractivity contribution in [3.63, 3.8) is 0 Å². The molecule has 0 unspecified atom stereocenters. The van der Waals surface area contributed by atoms with Crippen LogP contribution in [0.15, 0.2) is 47.4 Å². The summed E-state index contributed by atoms with van der Waals surface area (Å²) in [5.41, 5.74) is 1.94. The lowest BCUT2D eigenvalue weighted by molar-refractivity contribution is 0.354. The Morgan fingerprint density at radius 3 is 2.12 bits per heavy atom. The lowest BCUT2D eigenvalue weighted by Gasteiger charge is -2.13. The molecule has 2 aromatic rings. The summed E-state index contributed by atoms with van der Waals surface area (Å²) < 4.78 is 37.7. The second kappa shape index (κ2) is 7.55. The average molecular weight is 350 g/mol. The Morgan fingerprint density at radius 2 is 1.58 bits per heavy atom. The van der Waals surface area contributed by atoms with Crippen LogP contribution in [0.5, 0.6) is 11.5 Å². The summed E-state index contributed by atoms with van der Waals surface area (Å²) in [6.07, 6.45) is 0. The minimum atomic E-state index is -3.64. The van der Waals surface area contributed by atoms with Crippen LogP contribution >= 0.6 is 0 Å². The number of anilines is 1. The van der Waals surface area contributed by atoms with E-state index in [1.807, 2.05) is 43.3 Å². The molecule has 0 aromatic heterocycles. The molecule has 130 valence electrons. The maximum Gasteiger partial charge on any atom is 0.241 e. The topological polar surface area (TPSA) is 67.9 Å². The Kier molecular flexibility index (Phi) is 5.69. The van der Waals surface area contributed by atoms with Crippen molar-refractivity contribution in [1.82, 2.24) is 4.72 Å². The summed E-state index contributed by atoms with van der Waals surface area (Å²) in [6.45, 7) is 0.213. The molecular weight excluding hydrogens is 328 g/mol. The predicted molar refractivity (Wildman–Crippen MR) is 94.3 cm³/mol. The second-order valence-electron chi connectivity index (χ2n) is 5.40. The minimum absolute atomic E-state index is 0.130. The zero-order chi connectivity index (χ0) is 17.7. The molecule has 0 saturated heterocycles. The summed E-state index contributed by atoms with van der Waals surface area (Å²) in [6, 6.07) is 12.2. The number of ether oxygens (including phenoxy) is 2. The zero-order valence-electron chi connectivity index (χ0n) is 14.2. The molecule has 24 heavy (non-hydrogen) atoms.